The van der Waals surface area contributed by atoms with Gasteiger partial charge in [0.2, 0.25) is 11.8 Å². The highest BCUT2D eigenvalue weighted by Gasteiger charge is 2.27. The summed E-state index contributed by atoms with van der Waals surface area (Å²) >= 11 is 18.6. The summed E-state index contributed by atoms with van der Waals surface area (Å²) in [6.45, 7) is 1.78. The van der Waals surface area contributed by atoms with Crippen LogP contribution in [0.15, 0.2) is 42.5 Å². The lowest BCUT2D eigenvalue weighted by Gasteiger charge is -2.29. The van der Waals surface area contributed by atoms with E-state index in [1.165, 1.54) is 11.9 Å². The fourth-order valence-electron chi connectivity index (χ4n) is 2.55. The quantitative estimate of drug-likeness (QED) is 0.765. The molecule has 1 unspecified atom stereocenters. The standard InChI is InChI=1S/C19H19Cl3N2O2/c1-12(19(26)23-2)24(11-14-16(21)8-5-9-17(14)22)18(25)10-13-6-3-4-7-15(13)20/h3-9,12H,10-11H2,1-2H3,(H,23,26). The van der Waals surface area contributed by atoms with E-state index < -0.39 is 6.04 Å². The van der Waals surface area contributed by atoms with Crippen molar-refractivity contribution in [2.24, 2.45) is 0 Å². The maximum atomic E-state index is 13.0. The van der Waals surface area contributed by atoms with Crippen molar-refractivity contribution in [2.75, 3.05) is 7.05 Å². The minimum Gasteiger partial charge on any atom is -0.357 e. The monoisotopic (exact) mass is 412 g/mol. The van der Waals surface area contributed by atoms with Gasteiger partial charge in [0, 0.05) is 34.2 Å². The molecule has 138 valence electrons. The first-order valence-corrected chi connectivity index (χ1v) is 9.16. The molecule has 0 spiro atoms. The number of rotatable bonds is 6. The van der Waals surface area contributed by atoms with E-state index in [1.54, 1.807) is 43.3 Å². The second-order valence-electron chi connectivity index (χ2n) is 5.78. The second kappa shape index (κ2) is 9.26. The summed E-state index contributed by atoms with van der Waals surface area (Å²) in [6, 6.07) is 11.5. The van der Waals surface area contributed by atoms with Gasteiger partial charge in [-0.25, -0.2) is 0 Å². The molecular weight excluding hydrogens is 395 g/mol. The average molecular weight is 414 g/mol. The number of nitrogens with one attached hydrogen (secondary N) is 1. The van der Waals surface area contributed by atoms with Gasteiger partial charge in [-0.15, -0.1) is 0 Å². The first-order chi connectivity index (χ1) is 12.3. The molecule has 4 nitrogen and oxygen atoms in total. The first-order valence-electron chi connectivity index (χ1n) is 8.02. The lowest BCUT2D eigenvalue weighted by Crippen LogP contribution is -2.47. The Morgan fingerprint density at radius 1 is 1.00 bits per heavy atom. The summed E-state index contributed by atoms with van der Waals surface area (Å²) in [7, 11) is 1.53. The average Bonchev–Trinajstić information content (AvgIpc) is 2.62. The third kappa shape index (κ3) is 4.91. The predicted molar refractivity (Wildman–Crippen MR) is 106 cm³/mol. The molecule has 0 saturated heterocycles. The van der Waals surface area contributed by atoms with Crippen LogP contribution in [0.5, 0.6) is 0 Å². The Kier molecular flexibility index (Phi) is 7.33. The number of hydrogen-bond acceptors (Lipinski definition) is 2. The first kappa shape index (κ1) is 20.6. The van der Waals surface area contributed by atoms with E-state index in [4.69, 9.17) is 34.8 Å². The van der Waals surface area contributed by atoms with Gasteiger partial charge in [0.15, 0.2) is 0 Å². The van der Waals surface area contributed by atoms with Crippen LogP contribution in [0.25, 0.3) is 0 Å². The summed E-state index contributed by atoms with van der Waals surface area (Å²) in [6.07, 6.45) is 0.0725. The number of likely N-dealkylation sites (N-methyl/N-ethyl adjacent to an activating group) is 1. The summed E-state index contributed by atoms with van der Waals surface area (Å²) in [5.41, 5.74) is 1.29. The number of nitrogens with zero attached hydrogens (tertiary/aromatic N) is 1. The fourth-order valence-corrected chi connectivity index (χ4v) is 3.27. The molecule has 0 saturated carbocycles. The van der Waals surface area contributed by atoms with Gasteiger partial charge in [-0.2, -0.15) is 0 Å². The van der Waals surface area contributed by atoms with Crippen molar-refractivity contribution >= 4 is 46.6 Å². The summed E-state index contributed by atoms with van der Waals surface area (Å²) < 4.78 is 0. The molecule has 0 aliphatic carbocycles. The summed E-state index contributed by atoms with van der Waals surface area (Å²) in [5.74, 6) is -0.522. The smallest absolute Gasteiger partial charge is 0.242 e. The normalized spacial score (nSPS) is 11.7. The molecule has 0 bridgehead atoms. The third-order valence-corrected chi connectivity index (χ3v) is 5.18. The van der Waals surface area contributed by atoms with Crippen LogP contribution in [-0.2, 0) is 22.6 Å². The van der Waals surface area contributed by atoms with Crippen molar-refractivity contribution in [1.82, 2.24) is 10.2 Å². The maximum Gasteiger partial charge on any atom is 0.242 e. The zero-order valence-electron chi connectivity index (χ0n) is 14.4. The fraction of sp³-hybridized carbons (Fsp3) is 0.263. The molecule has 0 heterocycles. The van der Waals surface area contributed by atoms with Crippen LogP contribution in [-0.4, -0.2) is 29.8 Å². The van der Waals surface area contributed by atoms with Crippen molar-refractivity contribution in [3.8, 4) is 0 Å². The maximum absolute atomic E-state index is 13.0. The Morgan fingerprint density at radius 2 is 1.58 bits per heavy atom. The molecule has 1 N–H and O–H groups in total. The number of carbonyl (C=O) groups excluding carboxylic acids is 2. The zero-order valence-corrected chi connectivity index (χ0v) is 16.7. The van der Waals surface area contributed by atoms with Crippen LogP contribution in [0, 0.1) is 0 Å². The Labute approximate surface area is 168 Å². The Balaban J connectivity index is 2.33. The highest BCUT2D eigenvalue weighted by molar-refractivity contribution is 6.36. The number of amides is 2. The van der Waals surface area contributed by atoms with Crippen LogP contribution in [0.2, 0.25) is 15.1 Å². The Morgan fingerprint density at radius 3 is 2.15 bits per heavy atom. The van der Waals surface area contributed by atoms with E-state index in [0.29, 0.717) is 26.2 Å². The number of carbonyl (C=O) groups is 2. The Hall–Kier alpha value is -1.75. The molecule has 7 heteroatoms. The van der Waals surface area contributed by atoms with Crippen molar-refractivity contribution in [3.63, 3.8) is 0 Å². The van der Waals surface area contributed by atoms with Gasteiger partial charge in [-0.05, 0) is 30.7 Å². The molecule has 1 atom stereocenters. The summed E-state index contributed by atoms with van der Waals surface area (Å²) in [4.78, 5) is 26.5. The van der Waals surface area contributed by atoms with Gasteiger partial charge in [0.05, 0.1) is 6.42 Å². The molecule has 26 heavy (non-hydrogen) atoms. The van der Waals surface area contributed by atoms with Gasteiger partial charge in [-0.1, -0.05) is 59.1 Å². The van der Waals surface area contributed by atoms with E-state index in [0.717, 1.165) is 0 Å². The van der Waals surface area contributed by atoms with Crippen LogP contribution in [0.3, 0.4) is 0 Å². The Bertz CT molecular complexity index is 791. The number of hydrogen-bond donors (Lipinski definition) is 1. The second-order valence-corrected chi connectivity index (χ2v) is 7.00. The lowest BCUT2D eigenvalue weighted by molar-refractivity contribution is -0.139. The topological polar surface area (TPSA) is 49.4 Å². The number of halogens is 3. The molecular formula is C19H19Cl3N2O2. The minimum atomic E-state index is -0.692. The molecule has 2 amide bonds. The van der Waals surface area contributed by atoms with Gasteiger partial charge in [0.25, 0.3) is 0 Å². The lowest BCUT2D eigenvalue weighted by atomic mass is 10.1. The van der Waals surface area contributed by atoms with Gasteiger partial charge in [-0.3, -0.25) is 9.59 Å². The molecule has 0 aliphatic rings. The molecule has 0 aromatic heterocycles. The van der Waals surface area contributed by atoms with Gasteiger partial charge in [0.1, 0.15) is 6.04 Å². The number of benzene rings is 2. The minimum absolute atomic E-state index is 0.0725. The molecule has 0 aliphatic heterocycles. The zero-order chi connectivity index (χ0) is 19.3. The molecule has 2 rings (SSSR count). The van der Waals surface area contributed by atoms with Crippen LogP contribution < -0.4 is 5.32 Å². The van der Waals surface area contributed by atoms with E-state index >= 15 is 0 Å². The third-order valence-electron chi connectivity index (χ3n) is 4.10. The van der Waals surface area contributed by atoms with E-state index in [1.807, 2.05) is 6.07 Å². The van der Waals surface area contributed by atoms with Crippen molar-refractivity contribution < 1.29 is 9.59 Å². The molecule has 0 fully saturated rings. The van der Waals surface area contributed by atoms with E-state index in [2.05, 4.69) is 5.32 Å². The highest BCUT2D eigenvalue weighted by atomic mass is 35.5. The van der Waals surface area contributed by atoms with Crippen LogP contribution in [0.4, 0.5) is 0 Å². The SMILES string of the molecule is CNC(=O)C(C)N(Cc1c(Cl)cccc1Cl)C(=O)Cc1ccccc1Cl. The van der Waals surface area contributed by atoms with E-state index in [9.17, 15) is 9.59 Å². The van der Waals surface area contributed by atoms with Gasteiger partial charge >= 0.3 is 0 Å². The summed E-state index contributed by atoms with van der Waals surface area (Å²) in [5, 5.41) is 3.95. The van der Waals surface area contributed by atoms with Crippen molar-refractivity contribution in [2.45, 2.75) is 25.9 Å². The molecule has 2 aromatic carbocycles. The predicted octanol–water partition coefficient (Wildman–Crippen LogP) is 4.35. The van der Waals surface area contributed by atoms with Crippen LogP contribution in [0.1, 0.15) is 18.1 Å². The van der Waals surface area contributed by atoms with E-state index in [-0.39, 0.29) is 24.8 Å². The largest absolute Gasteiger partial charge is 0.357 e. The van der Waals surface area contributed by atoms with Crippen molar-refractivity contribution in [3.05, 3.63) is 68.7 Å². The van der Waals surface area contributed by atoms with Crippen molar-refractivity contribution in [1.29, 1.82) is 0 Å². The molecule has 0 radical (unpaired) electrons. The van der Waals surface area contributed by atoms with Gasteiger partial charge < -0.3 is 10.2 Å². The highest BCUT2D eigenvalue weighted by Crippen LogP contribution is 2.27. The molecule has 2 aromatic rings. The van der Waals surface area contributed by atoms with Crippen LogP contribution >= 0.6 is 34.8 Å².